The van der Waals surface area contributed by atoms with Crippen LogP contribution in [0.3, 0.4) is 0 Å². The molecule has 7 nitrogen and oxygen atoms in total. The third-order valence-electron chi connectivity index (χ3n) is 3.17. The molecular weight excluding hydrogens is 325 g/mol. The van der Waals surface area contributed by atoms with Gasteiger partial charge in [0.15, 0.2) is 0 Å². The highest BCUT2D eigenvalue weighted by molar-refractivity contribution is 5.80. The molecule has 8 heteroatoms. The van der Waals surface area contributed by atoms with Crippen molar-refractivity contribution in [1.29, 1.82) is 0 Å². The molecule has 0 saturated carbocycles. The van der Waals surface area contributed by atoms with Gasteiger partial charge in [0.25, 0.3) is 5.56 Å². The van der Waals surface area contributed by atoms with Gasteiger partial charge in [0.05, 0.1) is 6.21 Å². The molecule has 3 aromatic rings. The van der Waals surface area contributed by atoms with Crippen molar-refractivity contribution in [1.82, 2.24) is 15.2 Å². The lowest BCUT2D eigenvalue weighted by molar-refractivity contribution is 0.300. The van der Waals surface area contributed by atoms with Gasteiger partial charge in [0, 0.05) is 5.56 Å². The summed E-state index contributed by atoms with van der Waals surface area (Å²) >= 11 is 0. The smallest absolute Gasteiger partial charge is 0.271 e. The van der Waals surface area contributed by atoms with E-state index >= 15 is 0 Å². The summed E-state index contributed by atoms with van der Waals surface area (Å²) in [6.45, 7) is 0.131. The van der Waals surface area contributed by atoms with Crippen LogP contribution in [0.2, 0.25) is 0 Å². The number of aromatic nitrogens is 3. The summed E-state index contributed by atoms with van der Waals surface area (Å²) in [5.74, 6) is 0.415. The van der Waals surface area contributed by atoms with E-state index in [4.69, 9.17) is 4.74 Å². The van der Waals surface area contributed by atoms with Crippen molar-refractivity contribution in [3.63, 3.8) is 0 Å². The van der Waals surface area contributed by atoms with Gasteiger partial charge in [-0.15, -0.1) is 10.2 Å². The molecule has 0 aliphatic heterocycles. The normalized spacial score (nSPS) is 10.8. The van der Waals surface area contributed by atoms with E-state index in [2.05, 4.69) is 25.7 Å². The lowest BCUT2D eigenvalue weighted by Crippen LogP contribution is -2.10. The second kappa shape index (κ2) is 7.82. The van der Waals surface area contributed by atoms with Gasteiger partial charge in [0.2, 0.25) is 5.95 Å². The van der Waals surface area contributed by atoms with Crippen LogP contribution in [0, 0.1) is 5.82 Å². The van der Waals surface area contributed by atoms with Crippen LogP contribution in [0.5, 0.6) is 5.75 Å². The number of rotatable bonds is 6. The largest absolute Gasteiger partial charge is 0.489 e. The Hall–Kier alpha value is -3.55. The number of hydrogen-bond acceptors (Lipinski definition) is 6. The van der Waals surface area contributed by atoms with Crippen molar-refractivity contribution < 1.29 is 9.13 Å². The summed E-state index contributed by atoms with van der Waals surface area (Å²) in [5.41, 5.74) is 3.43. The molecule has 0 radical (unpaired) electrons. The SMILES string of the molecule is O=c1cnnc(N/N=C/c2cccc(OCc3ccccc3F)c2)[nH]1. The maximum atomic E-state index is 13.6. The molecule has 0 atom stereocenters. The van der Waals surface area contributed by atoms with Crippen LogP contribution < -0.4 is 15.7 Å². The number of benzene rings is 2. The van der Waals surface area contributed by atoms with Crippen LogP contribution in [-0.4, -0.2) is 21.4 Å². The van der Waals surface area contributed by atoms with Gasteiger partial charge in [-0.2, -0.15) is 5.10 Å². The second-order valence-electron chi connectivity index (χ2n) is 5.01. The standard InChI is InChI=1S/C17H14FN5O2/c18-15-7-2-1-5-13(15)11-25-14-6-3-4-12(8-14)9-19-22-17-21-16(24)10-20-23-17/h1-10H,11H2,(H2,21,22,23,24)/b19-9+. The van der Waals surface area contributed by atoms with Crippen LogP contribution in [0.1, 0.15) is 11.1 Å². The molecule has 2 N–H and O–H groups in total. The summed E-state index contributed by atoms with van der Waals surface area (Å²) in [7, 11) is 0. The van der Waals surface area contributed by atoms with Crippen molar-refractivity contribution in [2.45, 2.75) is 6.61 Å². The average molecular weight is 339 g/mol. The molecule has 0 spiro atoms. The number of nitrogens with one attached hydrogen (secondary N) is 2. The number of nitrogens with zero attached hydrogens (tertiary/aromatic N) is 3. The maximum absolute atomic E-state index is 13.6. The van der Waals surface area contributed by atoms with Crippen LogP contribution in [-0.2, 0) is 6.61 Å². The van der Waals surface area contributed by atoms with Gasteiger partial charge in [-0.25, -0.2) is 9.82 Å². The number of halogens is 1. The minimum absolute atomic E-state index is 0.131. The monoisotopic (exact) mass is 339 g/mol. The van der Waals surface area contributed by atoms with Crippen LogP contribution >= 0.6 is 0 Å². The highest BCUT2D eigenvalue weighted by Gasteiger charge is 2.02. The number of hydrogen-bond donors (Lipinski definition) is 2. The van der Waals surface area contributed by atoms with Crippen LogP contribution in [0.15, 0.2) is 64.6 Å². The summed E-state index contributed by atoms with van der Waals surface area (Å²) in [4.78, 5) is 13.5. The van der Waals surface area contributed by atoms with Gasteiger partial charge < -0.3 is 4.74 Å². The quantitative estimate of drug-likeness (QED) is 0.531. The zero-order chi connectivity index (χ0) is 17.5. The van der Waals surface area contributed by atoms with Crippen molar-refractivity contribution >= 4 is 12.2 Å². The third-order valence-corrected chi connectivity index (χ3v) is 3.17. The van der Waals surface area contributed by atoms with Crippen molar-refractivity contribution in [2.24, 2.45) is 5.10 Å². The highest BCUT2D eigenvalue weighted by Crippen LogP contribution is 2.15. The van der Waals surface area contributed by atoms with Gasteiger partial charge >= 0.3 is 0 Å². The first kappa shape index (κ1) is 16.3. The van der Waals surface area contributed by atoms with E-state index in [1.165, 1.54) is 12.3 Å². The summed E-state index contributed by atoms with van der Waals surface area (Å²) in [6, 6.07) is 13.6. The molecule has 2 aromatic carbocycles. The molecule has 3 rings (SSSR count). The molecule has 0 aliphatic carbocycles. The Morgan fingerprint density at radius 3 is 2.96 bits per heavy atom. The number of anilines is 1. The summed E-state index contributed by atoms with van der Waals surface area (Å²) in [6.07, 6.45) is 2.59. The second-order valence-corrected chi connectivity index (χ2v) is 5.01. The highest BCUT2D eigenvalue weighted by atomic mass is 19.1. The van der Waals surface area contributed by atoms with Gasteiger partial charge in [0.1, 0.15) is 24.4 Å². The van der Waals surface area contributed by atoms with Gasteiger partial charge in [-0.05, 0) is 23.8 Å². The van der Waals surface area contributed by atoms with E-state index in [1.54, 1.807) is 36.4 Å². The summed E-state index contributed by atoms with van der Waals surface area (Å²) < 4.78 is 19.2. The Balaban J connectivity index is 1.62. The molecule has 1 heterocycles. The Kier molecular flexibility index (Phi) is 5.10. The summed E-state index contributed by atoms with van der Waals surface area (Å²) in [5, 5.41) is 11.1. The third kappa shape index (κ3) is 4.71. The Morgan fingerprint density at radius 2 is 2.12 bits per heavy atom. The molecule has 0 amide bonds. The first-order chi connectivity index (χ1) is 12.2. The van der Waals surface area contributed by atoms with E-state index in [-0.39, 0.29) is 23.9 Å². The van der Waals surface area contributed by atoms with Crippen LogP contribution in [0.25, 0.3) is 0 Å². The molecule has 0 fully saturated rings. The van der Waals surface area contributed by atoms with E-state index < -0.39 is 0 Å². The van der Waals surface area contributed by atoms with Crippen molar-refractivity contribution in [3.05, 3.63) is 82.0 Å². The fraction of sp³-hybridized carbons (Fsp3) is 0.0588. The lowest BCUT2D eigenvalue weighted by Gasteiger charge is -2.07. The maximum Gasteiger partial charge on any atom is 0.271 e. The number of hydrazone groups is 1. The van der Waals surface area contributed by atoms with E-state index in [0.29, 0.717) is 11.3 Å². The average Bonchev–Trinajstić information content (AvgIpc) is 2.62. The molecule has 25 heavy (non-hydrogen) atoms. The molecule has 126 valence electrons. The van der Waals surface area contributed by atoms with Gasteiger partial charge in [-0.3, -0.25) is 9.78 Å². The number of ether oxygens (including phenoxy) is 1. The zero-order valence-electron chi connectivity index (χ0n) is 13.0. The minimum Gasteiger partial charge on any atom is -0.489 e. The van der Waals surface area contributed by atoms with Crippen LogP contribution in [0.4, 0.5) is 10.3 Å². The van der Waals surface area contributed by atoms with E-state index in [0.717, 1.165) is 11.8 Å². The van der Waals surface area contributed by atoms with E-state index in [1.807, 2.05) is 6.07 Å². The fourth-order valence-electron chi connectivity index (χ4n) is 1.99. The predicted octanol–water partition coefficient (Wildman–Crippen LogP) is 2.33. The Labute approximate surface area is 142 Å². The van der Waals surface area contributed by atoms with E-state index in [9.17, 15) is 9.18 Å². The topological polar surface area (TPSA) is 92.3 Å². The number of aromatic amines is 1. The minimum atomic E-state index is -0.378. The van der Waals surface area contributed by atoms with Crippen molar-refractivity contribution in [2.75, 3.05) is 5.43 Å². The zero-order valence-corrected chi connectivity index (χ0v) is 13.0. The molecule has 0 bridgehead atoms. The molecule has 1 aromatic heterocycles. The Morgan fingerprint density at radius 1 is 1.24 bits per heavy atom. The fourth-order valence-corrected chi connectivity index (χ4v) is 1.99. The molecular formula is C17H14FN5O2. The molecule has 0 saturated heterocycles. The Bertz CT molecular complexity index is 942. The predicted molar refractivity (Wildman–Crippen MR) is 91.0 cm³/mol. The first-order valence-electron chi connectivity index (χ1n) is 7.38. The molecule has 0 aliphatic rings. The van der Waals surface area contributed by atoms with Crippen molar-refractivity contribution in [3.8, 4) is 5.75 Å². The molecule has 0 unspecified atom stereocenters. The number of H-pyrrole nitrogens is 1. The lowest BCUT2D eigenvalue weighted by atomic mass is 10.2. The first-order valence-corrected chi connectivity index (χ1v) is 7.38. The van der Waals surface area contributed by atoms with Gasteiger partial charge in [-0.1, -0.05) is 30.3 Å².